The lowest BCUT2D eigenvalue weighted by molar-refractivity contribution is -0.118. The molecule has 0 fully saturated rings. The van der Waals surface area contributed by atoms with Crippen LogP contribution in [0.15, 0.2) is 23.2 Å². The molecule has 84 valence electrons. The predicted octanol–water partition coefficient (Wildman–Crippen LogP) is 2.90. The molecule has 5 heteroatoms. The number of isocyanates is 1. The van der Waals surface area contributed by atoms with Gasteiger partial charge in [-0.25, -0.2) is 4.79 Å². The van der Waals surface area contributed by atoms with Crippen molar-refractivity contribution < 1.29 is 9.59 Å². The fourth-order valence-corrected chi connectivity index (χ4v) is 1.23. The number of amides is 1. The van der Waals surface area contributed by atoms with Crippen molar-refractivity contribution in [2.75, 3.05) is 5.32 Å². The van der Waals surface area contributed by atoms with Crippen LogP contribution < -0.4 is 5.32 Å². The second-order valence-electron chi connectivity index (χ2n) is 3.51. The zero-order valence-electron chi connectivity index (χ0n) is 8.95. The second kappa shape index (κ2) is 5.45. The molecule has 4 nitrogen and oxygen atoms in total. The number of hydrogen-bond donors (Lipinski definition) is 1. The van der Waals surface area contributed by atoms with E-state index >= 15 is 0 Å². The van der Waals surface area contributed by atoms with Gasteiger partial charge in [0.15, 0.2) is 0 Å². The zero-order valence-corrected chi connectivity index (χ0v) is 9.71. The standard InChI is InChI=1S/C11H11ClN2O2/c1-7(2)11(16)14-10-4-3-8(13-6-15)5-9(10)12/h3-5,7H,1-2H3,(H,14,16). The van der Waals surface area contributed by atoms with Crippen LogP contribution in [0, 0.1) is 5.92 Å². The van der Waals surface area contributed by atoms with Crippen molar-refractivity contribution in [3.8, 4) is 0 Å². The maximum absolute atomic E-state index is 11.4. The van der Waals surface area contributed by atoms with Gasteiger partial charge >= 0.3 is 0 Å². The van der Waals surface area contributed by atoms with Crippen LogP contribution in [0.25, 0.3) is 0 Å². The molecule has 0 saturated carbocycles. The van der Waals surface area contributed by atoms with Gasteiger partial charge in [0.25, 0.3) is 0 Å². The van der Waals surface area contributed by atoms with Crippen molar-refractivity contribution in [1.82, 2.24) is 0 Å². The van der Waals surface area contributed by atoms with Crippen molar-refractivity contribution in [1.29, 1.82) is 0 Å². The van der Waals surface area contributed by atoms with Crippen LogP contribution in [0.3, 0.4) is 0 Å². The molecule has 0 aliphatic heterocycles. The number of anilines is 1. The lowest BCUT2D eigenvalue weighted by atomic mass is 10.2. The molecule has 0 unspecified atom stereocenters. The molecule has 16 heavy (non-hydrogen) atoms. The Morgan fingerprint density at radius 3 is 2.69 bits per heavy atom. The second-order valence-corrected chi connectivity index (χ2v) is 3.92. The Kier molecular flexibility index (Phi) is 4.23. The van der Waals surface area contributed by atoms with E-state index in [-0.39, 0.29) is 11.8 Å². The van der Waals surface area contributed by atoms with E-state index in [0.29, 0.717) is 16.4 Å². The monoisotopic (exact) mass is 238 g/mol. The third-order valence-corrected chi connectivity index (χ3v) is 2.22. The third kappa shape index (κ3) is 3.19. The summed E-state index contributed by atoms with van der Waals surface area (Å²) in [5.74, 6) is -0.239. The predicted molar refractivity (Wildman–Crippen MR) is 62.7 cm³/mol. The summed E-state index contributed by atoms with van der Waals surface area (Å²) in [4.78, 5) is 24.9. The minimum absolute atomic E-state index is 0.117. The van der Waals surface area contributed by atoms with E-state index in [9.17, 15) is 9.59 Å². The molecule has 0 bridgehead atoms. The number of benzene rings is 1. The fourth-order valence-electron chi connectivity index (χ4n) is 1.00. The molecule has 0 heterocycles. The summed E-state index contributed by atoms with van der Waals surface area (Å²) in [7, 11) is 0. The average Bonchev–Trinajstić information content (AvgIpc) is 2.22. The van der Waals surface area contributed by atoms with E-state index in [0.717, 1.165) is 0 Å². The normalized spacial score (nSPS) is 9.75. The summed E-state index contributed by atoms with van der Waals surface area (Å²) in [6, 6.07) is 4.66. The number of halogens is 1. The van der Waals surface area contributed by atoms with E-state index in [2.05, 4.69) is 10.3 Å². The first-order valence-corrected chi connectivity index (χ1v) is 5.10. The fraction of sp³-hybridized carbons (Fsp3) is 0.273. The third-order valence-electron chi connectivity index (χ3n) is 1.91. The molecule has 1 rings (SSSR count). The van der Waals surface area contributed by atoms with Crippen LogP contribution in [0.4, 0.5) is 11.4 Å². The summed E-state index contributed by atoms with van der Waals surface area (Å²) in [5, 5.41) is 3.01. The first kappa shape index (κ1) is 12.4. The van der Waals surface area contributed by atoms with Crippen LogP contribution in [0.1, 0.15) is 13.8 Å². The van der Waals surface area contributed by atoms with Crippen molar-refractivity contribution in [3.63, 3.8) is 0 Å². The Hall–Kier alpha value is -1.64. The van der Waals surface area contributed by atoms with E-state index < -0.39 is 0 Å². The average molecular weight is 239 g/mol. The van der Waals surface area contributed by atoms with E-state index in [1.165, 1.54) is 12.1 Å². The van der Waals surface area contributed by atoms with Crippen LogP contribution in [-0.2, 0) is 9.59 Å². The van der Waals surface area contributed by atoms with Gasteiger partial charge in [-0.2, -0.15) is 4.99 Å². The SMILES string of the molecule is CC(C)C(=O)Nc1ccc(N=C=O)cc1Cl. The molecular weight excluding hydrogens is 228 g/mol. The highest BCUT2D eigenvalue weighted by Crippen LogP contribution is 2.27. The van der Waals surface area contributed by atoms with E-state index in [1.54, 1.807) is 26.0 Å². The minimum Gasteiger partial charge on any atom is -0.325 e. The lowest BCUT2D eigenvalue weighted by Gasteiger charge is -2.09. The van der Waals surface area contributed by atoms with Gasteiger partial charge in [-0.05, 0) is 18.2 Å². The largest absolute Gasteiger partial charge is 0.325 e. The Morgan fingerprint density at radius 2 is 2.19 bits per heavy atom. The summed E-state index contributed by atoms with van der Waals surface area (Å²) in [6.07, 6.45) is 1.42. The molecule has 1 N–H and O–H groups in total. The molecule has 1 amide bonds. The van der Waals surface area contributed by atoms with Crippen LogP contribution >= 0.6 is 11.6 Å². The van der Waals surface area contributed by atoms with Crippen molar-refractivity contribution >= 4 is 35.0 Å². The molecular formula is C11H11ClN2O2. The van der Waals surface area contributed by atoms with Gasteiger partial charge in [0.05, 0.1) is 16.4 Å². The molecule has 1 aromatic rings. The van der Waals surface area contributed by atoms with Crippen molar-refractivity contribution in [2.24, 2.45) is 10.9 Å². The topological polar surface area (TPSA) is 58.5 Å². The first-order valence-electron chi connectivity index (χ1n) is 4.73. The highest BCUT2D eigenvalue weighted by Gasteiger charge is 2.09. The van der Waals surface area contributed by atoms with Gasteiger partial charge in [-0.3, -0.25) is 4.79 Å². The Labute approximate surface area is 98.3 Å². The highest BCUT2D eigenvalue weighted by atomic mass is 35.5. The van der Waals surface area contributed by atoms with E-state index in [1.807, 2.05) is 0 Å². The van der Waals surface area contributed by atoms with Gasteiger partial charge in [-0.15, -0.1) is 0 Å². The maximum atomic E-state index is 11.4. The molecule has 0 aliphatic carbocycles. The maximum Gasteiger partial charge on any atom is 0.240 e. The van der Waals surface area contributed by atoms with Gasteiger partial charge in [-0.1, -0.05) is 25.4 Å². The molecule has 0 radical (unpaired) electrons. The number of hydrogen-bond acceptors (Lipinski definition) is 3. The summed E-state index contributed by atoms with van der Waals surface area (Å²) >= 11 is 5.91. The van der Waals surface area contributed by atoms with Gasteiger partial charge < -0.3 is 5.32 Å². The van der Waals surface area contributed by atoms with Gasteiger partial charge in [0.2, 0.25) is 12.0 Å². The zero-order chi connectivity index (χ0) is 12.1. The number of nitrogens with one attached hydrogen (secondary N) is 1. The number of carbonyl (C=O) groups excluding carboxylic acids is 2. The quantitative estimate of drug-likeness (QED) is 0.650. The molecule has 0 saturated heterocycles. The van der Waals surface area contributed by atoms with Crippen LogP contribution in [-0.4, -0.2) is 12.0 Å². The number of nitrogens with zero attached hydrogens (tertiary/aromatic N) is 1. The van der Waals surface area contributed by atoms with E-state index in [4.69, 9.17) is 11.6 Å². The number of rotatable bonds is 3. The Morgan fingerprint density at radius 1 is 1.50 bits per heavy atom. The summed E-state index contributed by atoms with van der Waals surface area (Å²) < 4.78 is 0. The van der Waals surface area contributed by atoms with Crippen molar-refractivity contribution in [3.05, 3.63) is 23.2 Å². The summed E-state index contributed by atoms with van der Waals surface area (Å²) in [5.41, 5.74) is 0.910. The number of carbonyl (C=O) groups is 1. The minimum atomic E-state index is -0.122. The molecule has 0 spiro atoms. The first-order chi connectivity index (χ1) is 7.54. The molecule has 0 aromatic heterocycles. The van der Waals surface area contributed by atoms with Gasteiger partial charge in [0.1, 0.15) is 0 Å². The molecule has 0 atom stereocenters. The molecule has 0 aliphatic rings. The van der Waals surface area contributed by atoms with Crippen LogP contribution in [0.5, 0.6) is 0 Å². The van der Waals surface area contributed by atoms with Crippen molar-refractivity contribution in [2.45, 2.75) is 13.8 Å². The number of aliphatic imine (C=N–C) groups is 1. The molecule has 1 aromatic carbocycles. The highest BCUT2D eigenvalue weighted by molar-refractivity contribution is 6.34. The lowest BCUT2D eigenvalue weighted by Crippen LogP contribution is -2.17. The Balaban J connectivity index is 2.91. The smallest absolute Gasteiger partial charge is 0.240 e. The van der Waals surface area contributed by atoms with Crippen LogP contribution in [0.2, 0.25) is 5.02 Å². The Bertz CT molecular complexity index is 451. The van der Waals surface area contributed by atoms with Gasteiger partial charge in [0, 0.05) is 5.92 Å². The summed E-state index contributed by atoms with van der Waals surface area (Å²) in [6.45, 7) is 3.57.